The van der Waals surface area contributed by atoms with E-state index in [4.69, 9.17) is 0 Å². The van der Waals surface area contributed by atoms with Crippen molar-refractivity contribution in [2.24, 2.45) is 17.8 Å². The number of rotatable bonds is 29. The first-order valence-electron chi connectivity index (χ1n) is 23.8. The Morgan fingerprint density at radius 1 is 0.500 bits per heavy atom. The minimum Gasteiger partial charge on any atom is -0.393 e. The molecule has 0 radical (unpaired) electrons. The molecule has 0 bridgehead atoms. The summed E-state index contributed by atoms with van der Waals surface area (Å²) < 4.78 is 0. The molecular formula is C47H85N11O12. The van der Waals surface area contributed by atoms with Gasteiger partial charge in [0.2, 0.25) is 65.0 Å². The summed E-state index contributed by atoms with van der Waals surface area (Å²) in [6.07, 6.45) is 0.595. The van der Waals surface area contributed by atoms with Gasteiger partial charge in [0.25, 0.3) is 0 Å². The van der Waals surface area contributed by atoms with Crippen LogP contribution in [0.1, 0.15) is 94.4 Å². The van der Waals surface area contributed by atoms with Crippen LogP contribution in [0.2, 0.25) is 0 Å². The molecule has 70 heavy (non-hydrogen) atoms. The second kappa shape index (κ2) is 30.7. The molecule has 0 aromatic carbocycles. The Bertz CT molecular complexity index is 1830. The molecular weight excluding hydrogens is 911 g/mol. The average Bonchev–Trinajstić information content (AvgIpc) is 3.26. The topological polar surface area (TPSA) is 279 Å². The smallest absolute Gasteiger partial charge is 0.245 e. The van der Waals surface area contributed by atoms with Crippen molar-refractivity contribution in [1.82, 2.24) is 55.6 Å². The largest absolute Gasteiger partial charge is 0.393 e. The van der Waals surface area contributed by atoms with Crippen molar-refractivity contribution < 1.29 is 57.8 Å². The molecule has 0 aliphatic rings. The molecule has 11 amide bonds. The van der Waals surface area contributed by atoms with Gasteiger partial charge in [-0.15, -0.1) is 0 Å². The molecule has 0 spiro atoms. The van der Waals surface area contributed by atoms with E-state index in [1.54, 1.807) is 21.0 Å². The lowest BCUT2D eigenvalue weighted by Crippen LogP contribution is -2.57. The molecule has 0 fully saturated rings. The van der Waals surface area contributed by atoms with Crippen LogP contribution in [0.5, 0.6) is 0 Å². The fraction of sp³-hybridized carbons (Fsp3) is 0.766. The molecule has 0 saturated carbocycles. The predicted octanol–water partition coefficient (Wildman–Crippen LogP) is -1.53. The van der Waals surface area contributed by atoms with Gasteiger partial charge in [-0.05, 0) is 57.3 Å². The highest BCUT2D eigenvalue weighted by atomic mass is 16.3. The third-order valence-corrected chi connectivity index (χ3v) is 11.6. The van der Waals surface area contributed by atoms with Gasteiger partial charge >= 0.3 is 0 Å². The van der Waals surface area contributed by atoms with E-state index in [9.17, 15) is 57.8 Å². The van der Waals surface area contributed by atoms with Crippen LogP contribution in [0.4, 0.5) is 0 Å². The van der Waals surface area contributed by atoms with Crippen LogP contribution in [-0.4, -0.2) is 230 Å². The number of hydrogen-bond acceptors (Lipinski definition) is 12. The zero-order valence-electron chi connectivity index (χ0n) is 44.8. The third kappa shape index (κ3) is 22.3. The number of nitrogens with one attached hydrogen (secondary N) is 4. The maximum Gasteiger partial charge on any atom is 0.245 e. The van der Waals surface area contributed by atoms with E-state index in [-0.39, 0.29) is 43.6 Å². The highest BCUT2D eigenvalue weighted by Crippen LogP contribution is 2.14. The summed E-state index contributed by atoms with van der Waals surface area (Å²) in [6.45, 7) is 13.6. The first kappa shape index (κ1) is 64.1. The highest BCUT2D eigenvalue weighted by Gasteiger charge is 2.34. The molecule has 0 rings (SSSR count). The van der Waals surface area contributed by atoms with Crippen LogP contribution in [0.3, 0.4) is 0 Å². The van der Waals surface area contributed by atoms with E-state index in [1.807, 2.05) is 41.5 Å². The van der Waals surface area contributed by atoms with Crippen LogP contribution in [-0.2, 0) is 52.7 Å². The van der Waals surface area contributed by atoms with Crippen molar-refractivity contribution in [1.29, 1.82) is 0 Å². The van der Waals surface area contributed by atoms with Crippen molar-refractivity contribution in [2.45, 2.75) is 131 Å². The van der Waals surface area contributed by atoms with Gasteiger partial charge in [-0.25, -0.2) is 0 Å². The van der Waals surface area contributed by atoms with Crippen LogP contribution in [0, 0.1) is 17.8 Å². The quantitative estimate of drug-likeness (QED) is 0.0572. The van der Waals surface area contributed by atoms with Gasteiger partial charge in [-0.3, -0.25) is 52.7 Å². The summed E-state index contributed by atoms with van der Waals surface area (Å²) in [5.74, 6) is -6.25. The Kier molecular flexibility index (Phi) is 28.1. The summed E-state index contributed by atoms with van der Waals surface area (Å²) in [7, 11) is 11.5. The minimum atomic E-state index is -1.18. The van der Waals surface area contributed by atoms with Crippen molar-refractivity contribution in [3.8, 4) is 0 Å². The van der Waals surface area contributed by atoms with E-state index in [1.165, 1.54) is 65.9 Å². The molecule has 0 saturated heterocycles. The summed E-state index contributed by atoms with van der Waals surface area (Å²) in [4.78, 5) is 152. The number of carbonyl (C=O) groups is 11. The monoisotopic (exact) mass is 996 g/mol. The number of carbonyl (C=O) groups excluding carboxylic acids is 11. The minimum absolute atomic E-state index is 0.0936. The van der Waals surface area contributed by atoms with E-state index in [0.29, 0.717) is 12.3 Å². The van der Waals surface area contributed by atoms with E-state index in [0.717, 1.165) is 30.9 Å². The maximum atomic E-state index is 13.6. The molecule has 0 aromatic heterocycles. The van der Waals surface area contributed by atoms with Gasteiger partial charge in [-0.2, -0.15) is 0 Å². The van der Waals surface area contributed by atoms with Gasteiger partial charge in [0.1, 0.15) is 30.2 Å². The molecule has 23 nitrogen and oxygen atoms in total. The van der Waals surface area contributed by atoms with Gasteiger partial charge in [-0.1, -0.05) is 48.5 Å². The van der Waals surface area contributed by atoms with Crippen molar-refractivity contribution >= 4 is 65.0 Å². The Labute approximate surface area is 415 Å². The fourth-order valence-corrected chi connectivity index (χ4v) is 7.05. The number of hydrogen-bond donors (Lipinski definition) is 5. The second-order valence-corrected chi connectivity index (χ2v) is 19.6. The van der Waals surface area contributed by atoms with Crippen LogP contribution < -0.4 is 21.3 Å². The summed E-state index contributed by atoms with van der Waals surface area (Å²) in [6, 6.07) is -5.06. The first-order valence-corrected chi connectivity index (χ1v) is 23.8. The number of likely N-dealkylation sites (N-methyl/N-ethyl adjacent to an activating group) is 7. The van der Waals surface area contributed by atoms with Crippen molar-refractivity contribution in [3.05, 3.63) is 0 Å². The first-order chi connectivity index (χ1) is 32.3. The molecule has 0 aliphatic carbocycles. The SMILES string of the molecule is CC[C@H](NC(=O)CC(O)CCC(C)C)C(=O)N(C)CC(=O)N(C)CC(=O)NCC(=O)N(C)[C@@H](CC(C)C)C(=O)N[C@@H](C)C(=O)NC(C)C(=O)N(C)CC(=O)N(C)CC(=O)N(C)C(C(=O)N(C)C)C(C)C. The van der Waals surface area contributed by atoms with E-state index >= 15 is 0 Å². The average molecular weight is 996 g/mol. The molecule has 0 heterocycles. The normalized spacial score (nSPS) is 13.7. The van der Waals surface area contributed by atoms with Gasteiger partial charge in [0.15, 0.2) is 0 Å². The molecule has 23 heteroatoms. The number of aliphatic hydroxyl groups is 1. The van der Waals surface area contributed by atoms with Gasteiger partial charge in [0, 0.05) is 56.4 Å². The number of amides is 11. The Morgan fingerprint density at radius 3 is 1.49 bits per heavy atom. The molecule has 0 aliphatic heterocycles. The van der Waals surface area contributed by atoms with Gasteiger partial charge in [0.05, 0.1) is 45.2 Å². The van der Waals surface area contributed by atoms with E-state index < -0.39 is 122 Å². The maximum absolute atomic E-state index is 13.6. The molecule has 0 aromatic rings. The molecule has 6 atom stereocenters. The second-order valence-electron chi connectivity index (χ2n) is 19.6. The van der Waals surface area contributed by atoms with Crippen LogP contribution in [0.15, 0.2) is 0 Å². The standard InChI is InChI=1S/C47H85N11O12/c1-18-34(51-36(60)22-33(59)20-19-28(2)3)46(69)56(15)26-39(63)53(12)24-37(61)48-23-38(62)57(16)35(21-29(4)5)44(67)49-31(8)43(66)50-32(9)45(68)55(14)25-40(64)54(13)27-41(65)58(17)42(30(6)7)47(70)52(10)11/h28-35,42,59H,18-27H2,1-17H3,(H,48,61)(H,49,67)(H,50,66)(H,51,60)/t31-,32?,33?,34-,35-,42?/m0/s1. The van der Waals surface area contributed by atoms with E-state index in [2.05, 4.69) is 21.3 Å². The summed E-state index contributed by atoms with van der Waals surface area (Å²) in [5.41, 5.74) is 0. The van der Waals surface area contributed by atoms with Gasteiger partial charge < -0.3 is 60.7 Å². The predicted molar refractivity (Wildman–Crippen MR) is 262 cm³/mol. The number of aliphatic hydroxyl groups excluding tert-OH is 1. The Balaban J connectivity index is 5.33. The van der Waals surface area contributed by atoms with Crippen LogP contribution in [0.25, 0.3) is 0 Å². The summed E-state index contributed by atoms with van der Waals surface area (Å²) >= 11 is 0. The lowest BCUT2D eigenvalue weighted by atomic mass is 10.0. The Hall–Kier alpha value is -5.87. The molecule has 400 valence electrons. The Morgan fingerprint density at radius 2 is 1.00 bits per heavy atom. The van der Waals surface area contributed by atoms with Crippen LogP contribution >= 0.6 is 0 Å². The summed E-state index contributed by atoms with van der Waals surface area (Å²) in [5, 5.41) is 20.3. The lowest BCUT2D eigenvalue weighted by molar-refractivity contribution is -0.148. The van der Waals surface area contributed by atoms with Crippen molar-refractivity contribution in [3.63, 3.8) is 0 Å². The zero-order valence-corrected chi connectivity index (χ0v) is 44.8. The number of nitrogens with zero attached hydrogens (tertiary/aromatic N) is 7. The highest BCUT2D eigenvalue weighted by molar-refractivity contribution is 5.96. The fourth-order valence-electron chi connectivity index (χ4n) is 7.05. The van der Waals surface area contributed by atoms with Crippen molar-refractivity contribution in [2.75, 3.05) is 89.1 Å². The molecule has 5 N–H and O–H groups in total. The lowest BCUT2D eigenvalue weighted by Gasteiger charge is -2.33. The zero-order chi connectivity index (χ0) is 54.5. The molecule has 3 unspecified atom stereocenters. The third-order valence-electron chi connectivity index (χ3n) is 11.6.